The van der Waals surface area contributed by atoms with Crippen molar-refractivity contribution >= 4 is 5.91 Å². The van der Waals surface area contributed by atoms with Gasteiger partial charge in [0.25, 0.3) is 5.91 Å². The fourth-order valence-corrected chi connectivity index (χ4v) is 0.782. The minimum Gasteiger partial charge on any atom is -0.288 e. The number of rotatable bonds is 1. The first-order valence-electron chi connectivity index (χ1n) is 3.28. The summed E-state index contributed by atoms with van der Waals surface area (Å²) in [6.07, 6.45) is -3.43. The van der Waals surface area contributed by atoms with Crippen LogP contribution in [0.25, 0.3) is 0 Å². The van der Waals surface area contributed by atoms with Crippen LogP contribution in [0, 0.1) is 0 Å². The highest BCUT2D eigenvalue weighted by Gasteiger charge is 2.37. The zero-order valence-corrected chi connectivity index (χ0v) is 6.54. The molecule has 1 rings (SSSR count). The second-order valence-corrected chi connectivity index (χ2v) is 2.22. The normalized spacial score (nSPS) is 11.1. The van der Waals surface area contributed by atoms with Crippen LogP contribution in [0.15, 0.2) is 12.5 Å². The van der Waals surface area contributed by atoms with Crippen molar-refractivity contribution in [1.29, 1.82) is 0 Å². The minimum absolute atomic E-state index is 0.664. The Morgan fingerprint density at radius 2 is 2.14 bits per heavy atom. The molecule has 1 heterocycles. The number of alkyl halides is 3. The van der Waals surface area contributed by atoms with Gasteiger partial charge in [-0.3, -0.25) is 10.0 Å². The summed E-state index contributed by atoms with van der Waals surface area (Å²) in [6.45, 7) is 0. The molecule has 0 saturated heterocycles. The third kappa shape index (κ3) is 1.96. The quantitative estimate of drug-likeness (QED) is 0.522. The van der Waals surface area contributed by atoms with Gasteiger partial charge in [-0.25, -0.2) is 15.4 Å². The van der Waals surface area contributed by atoms with E-state index in [4.69, 9.17) is 5.21 Å². The van der Waals surface area contributed by atoms with E-state index >= 15 is 0 Å². The van der Waals surface area contributed by atoms with Crippen LogP contribution in [-0.4, -0.2) is 21.1 Å². The monoisotopic (exact) mass is 207 g/mol. The standard InChI is InChI=1S/C6H4F3N3O2/c7-6(8,9)4-3(5(13)12-14)1-10-2-11-4/h1-2,14H,(H,12,13). The summed E-state index contributed by atoms with van der Waals surface area (Å²) >= 11 is 0. The number of hydrogen-bond donors (Lipinski definition) is 2. The van der Waals surface area contributed by atoms with Gasteiger partial charge in [-0.15, -0.1) is 0 Å². The van der Waals surface area contributed by atoms with Crippen molar-refractivity contribution in [3.63, 3.8) is 0 Å². The van der Waals surface area contributed by atoms with Crippen LogP contribution in [0.1, 0.15) is 16.1 Å². The number of nitrogens with zero attached hydrogens (tertiary/aromatic N) is 2. The number of carbonyl (C=O) groups is 1. The highest BCUT2D eigenvalue weighted by atomic mass is 19.4. The zero-order chi connectivity index (χ0) is 10.8. The molecule has 0 radical (unpaired) electrons. The summed E-state index contributed by atoms with van der Waals surface area (Å²) in [5.41, 5.74) is -1.15. The van der Waals surface area contributed by atoms with Gasteiger partial charge >= 0.3 is 6.18 Å². The van der Waals surface area contributed by atoms with Gasteiger partial charge < -0.3 is 0 Å². The fourth-order valence-electron chi connectivity index (χ4n) is 0.782. The van der Waals surface area contributed by atoms with Crippen LogP contribution in [0.3, 0.4) is 0 Å². The van der Waals surface area contributed by atoms with E-state index in [0.717, 1.165) is 5.48 Å². The van der Waals surface area contributed by atoms with Crippen LogP contribution < -0.4 is 5.48 Å². The van der Waals surface area contributed by atoms with E-state index in [1.54, 1.807) is 0 Å². The van der Waals surface area contributed by atoms with Crippen molar-refractivity contribution in [2.75, 3.05) is 0 Å². The highest BCUT2D eigenvalue weighted by Crippen LogP contribution is 2.29. The topological polar surface area (TPSA) is 75.1 Å². The van der Waals surface area contributed by atoms with Crippen LogP contribution in [0.2, 0.25) is 0 Å². The molecular weight excluding hydrogens is 203 g/mol. The van der Waals surface area contributed by atoms with E-state index in [1.165, 1.54) is 0 Å². The lowest BCUT2D eigenvalue weighted by Crippen LogP contribution is -2.24. The lowest BCUT2D eigenvalue weighted by Gasteiger charge is -2.08. The van der Waals surface area contributed by atoms with Crippen molar-refractivity contribution in [2.24, 2.45) is 0 Å². The molecule has 0 unspecified atom stereocenters. The molecule has 0 aromatic carbocycles. The van der Waals surface area contributed by atoms with Gasteiger partial charge in [-0.05, 0) is 0 Å². The maximum atomic E-state index is 12.2. The number of hydroxylamine groups is 1. The summed E-state index contributed by atoms with van der Waals surface area (Å²) in [5.74, 6) is -1.31. The van der Waals surface area contributed by atoms with Crippen molar-refractivity contribution in [2.45, 2.75) is 6.18 Å². The summed E-state index contributed by atoms with van der Waals surface area (Å²) in [6, 6.07) is 0. The molecule has 0 saturated carbocycles. The Kier molecular flexibility index (Phi) is 2.65. The second-order valence-electron chi connectivity index (χ2n) is 2.22. The van der Waals surface area contributed by atoms with Crippen LogP contribution in [0.4, 0.5) is 13.2 Å². The summed E-state index contributed by atoms with van der Waals surface area (Å²) in [7, 11) is 0. The Balaban J connectivity index is 3.23. The largest absolute Gasteiger partial charge is 0.434 e. The first-order valence-corrected chi connectivity index (χ1v) is 3.28. The molecule has 1 amide bonds. The van der Waals surface area contributed by atoms with Crippen molar-refractivity contribution in [3.8, 4) is 0 Å². The van der Waals surface area contributed by atoms with E-state index in [9.17, 15) is 18.0 Å². The molecular formula is C6H4F3N3O2. The molecule has 1 aromatic rings. The minimum atomic E-state index is -4.76. The summed E-state index contributed by atoms with van der Waals surface area (Å²) in [5, 5.41) is 8.16. The van der Waals surface area contributed by atoms with Gasteiger partial charge in [0.2, 0.25) is 0 Å². The SMILES string of the molecule is O=C(NO)c1cncnc1C(F)(F)F. The number of aromatic nitrogens is 2. The number of amides is 1. The van der Waals surface area contributed by atoms with E-state index in [1.807, 2.05) is 0 Å². The van der Waals surface area contributed by atoms with Gasteiger partial charge in [0, 0.05) is 6.20 Å². The Hall–Kier alpha value is -1.70. The molecule has 5 nitrogen and oxygen atoms in total. The number of carbonyl (C=O) groups excluding carboxylic acids is 1. The lowest BCUT2D eigenvalue weighted by molar-refractivity contribution is -0.141. The lowest BCUT2D eigenvalue weighted by atomic mass is 10.2. The van der Waals surface area contributed by atoms with E-state index in [2.05, 4.69) is 9.97 Å². The first kappa shape index (κ1) is 10.4. The molecule has 1 aromatic heterocycles. The molecule has 0 fully saturated rings. The molecule has 0 aliphatic carbocycles. The van der Waals surface area contributed by atoms with Crippen LogP contribution in [0.5, 0.6) is 0 Å². The smallest absolute Gasteiger partial charge is 0.288 e. The van der Waals surface area contributed by atoms with Gasteiger partial charge in [0.1, 0.15) is 6.33 Å². The van der Waals surface area contributed by atoms with E-state index in [0.29, 0.717) is 12.5 Å². The molecule has 0 spiro atoms. The maximum Gasteiger partial charge on any atom is 0.434 e. The third-order valence-corrected chi connectivity index (χ3v) is 1.33. The number of hydrogen-bond acceptors (Lipinski definition) is 4. The van der Waals surface area contributed by atoms with Crippen molar-refractivity contribution in [1.82, 2.24) is 15.4 Å². The van der Waals surface area contributed by atoms with Crippen LogP contribution >= 0.6 is 0 Å². The second kappa shape index (κ2) is 3.58. The van der Waals surface area contributed by atoms with Gasteiger partial charge in [-0.2, -0.15) is 13.2 Å². The molecule has 2 N–H and O–H groups in total. The first-order chi connectivity index (χ1) is 6.46. The number of nitrogens with one attached hydrogen (secondary N) is 1. The van der Waals surface area contributed by atoms with Gasteiger partial charge in [0.15, 0.2) is 5.69 Å². The average Bonchev–Trinajstić information content (AvgIpc) is 2.15. The molecule has 76 valence electrons. The Bertz CT molecular complexity index is 352. The average molecular weight is 207 g/mol. The summed E-state index contributed by atoms with van der Waals surface area (Å²) in [4.78, 5) is 16.9. The van der Waals surface area contributed by atoms with Gasteiger partial charge in [-0.1, -0.05) is 0 Å². The number of halogens is 3. The van der Waals surface area contributed by atoms with E-state index in [-0.39, 0.29) is 0 Å². The van der Waals surface area contributed by atoms with Crippen molar-refractivity contribution < 1.29 is 23.2 Å². The highest BCUT2D eigenvalue weighted by molar-refractivity contribution is 5.94. The van der Waals surface area contributed by atoms with Crippen LogP contribution in [-0.2, 0) is 6.18 Å². The summed E-state index contributed by atoms with van der Waals surface area (Å²) < 4.78 is 36.6. The molecule has 14 heavy (non-hydrogen) atoms. The van der Waals surface area contributed by atoms with Crippen molar-refractivity contribution in [3.05, 3.63) is 23.8 Å². The van der Waals surface area contributed by atoms with Gasteiger partial charge in [0.05, 0.1) is 5.56 Å². The Morgan fingerprint density at radius 1 is 1.50 bits per heavy atom. The maximum absolute atomic E-state index is 12.2. The molecule has 8 heteroatoms. The molecule has 0 atom stereocenters. The van der Waals surface area contributed by atoms with E-state index < -0.39 is 23.3 Å². The molecule has 0 aliphatic heterocycles. The predicted octanol–water partition coefficient (Wildman–Crippen LogP) is 0.614. The predicted molar refractivity (Wildman–Crippen MR) is 36.3 cm³/mol. The Labute approximate surface area is 75.6 Å². The Morgan fingerprint density at radius 3 is 2.64 bits per heavy atom. The third-order valence-electron chi connectivity index (χ3n) is 1.33. The molecule has 0 bridgehead atoms. The zero-order valence-electron chi connectivity index (χ0n) is 6.54. The fraction of sp³-hybridized carbons (Fsp3) is 0.167. The molecule has 0 aliphatic rings.